The maximum atomic E-state index is 12.6. The number of aliphatic carboxylic acids is 1. The Morgan fingerprint density at radius 3 is 2.45 bits per heavy atom. The second-order valence-electron chi connectivity index (χ2n) is 6.37. The van der Waals surface area contributed by atoms with Crippen molar-refractivity contribution in [1.29, 1.82) is 0 Å². The number of hydrogen-bond acceptors (Lipinski definition) is 2. The van der Waals surface area contributed by atoms with E-state index >= 15 is 0 Å². The molecule has 1 saturated carbocycles. The average molecular weight is 281 g/mol. The van der Waals surface area contributed by atoms with Gasteiger partial charge in [-0.05, 0) is 31.6 Å². The molecule has 2 atom stereocenters. The van der Waals surface area contributed by atoms with E-state index in [-0.39, 0.29) is 11.8 Å². The molecule has 1 amide bonds. The SMILES string of the molecule is CCC(CC1CCCCC1)C(=O)N1CCC[C@@H]1C(=O)O. The smallest absolute Gasteiger partial charge is 0.326 e. The number of carbonyl (C=O) groups excluding carboxylic acids is 1. The van der Waals surface area contributed by atoms with Crippen molar-refractivity contribution in [3.05, 3.63) is 0 Å². The van der Waals surface area contributed by atoms with Crippen molar-refractivity contribution in [1.82, 2.24) is 4.90 Å². The zero-order valence-corrected chi connectivity index (χ0v) is 12.5. The van der Waals surface area contributed by atoms with Crippen LogP contribution in [-0.2, 0) is 9.59 Å². The van der Waals surface area contributed by atoms with Crippen LogP contribution in [-0.4, -0.2) is 34.5 Å². The van der Waals surface area contributed by atoms with Gasteiger partial charge in [-0.1, -0.05) is 39.0 Å². The van der Waals surface area contributed by atoms with Gasteiger partial charge in [0.15, 0.2) is 0 Å². The van der Waals surface area contributed by atoms with Crippen LogP contribution >= 0.6 is 0 Å². The molecule has 0 aromatic heterocycles. The summed E-state index contributed by atoms with van der Waals surface area (Å²) in [6.07, 6.45) is 9.61. The number of carboxylic acids is 1. The minimum atomic E-state index is -0.844. The second-order valence-corrected chi connectivity index (χ2v) is 6.37. The van der Waals surface area contributed by atoms with E-state index < -0.39 is 12.0 Å². The zero-order chi connectivity index (χ0) is 14.5. The van der Waals surface area contributed by atoms with Crippen LogP contribution in [0.2, 0.25) is 0 Å². The van der Waals surface area contributed by atoms with Crippen LogP contribution in [0.5, 0.6) is 0 Å². The van der Waals surface area contributed by atoms with Gasteiger partial charge in [-0.3, -0.25) is 4.79 Å². The predicted octanol–water partition coefficient (Wildman–Crippen LogP) is 3.06. The molecule has 1 unspecified atom stereocenters. The summed E-state index contributed by atoms with van der Waals surface area (Å²) in [6, 6.07) is -0.581. The molecule has 1 aliphatic carbocycles. The lowest BCUT2D eigenvalue weighted by Gasteiger charge is -2.30. The number of rotatable bonds is 5. The summed E-state index contributed by atoms with van der Waals surface area (Å²) >= 11 is 0. The summed E-state index contributed by atoms with van der Waals surface area (Å²) in [5.74, 6) is -0.0621. The molecule has 0 aromatic carbocycles. The Morgan fingerprint density at radius 1 is 1.15 bits per heavy atom. The summed E-state index contributed by atoms with van der Waals surface area (Å²) in [6.45, 7) is 2.67. The lowest BCUT2D eigenvalue weighted by molar-refractivity contribution is -0.150. The highest BCUT2D eigenvalue weighted by Crippen LogP contribution is 2.32. The highest BCUT2D eigenvalue weighted by Gasteiger charge is 2.37. The third-order valence-corrected chi connectivity index (χ3v) is 5.01. The first-order valence-electron chi connectivity index (χ1n) is 8.16. The van der Waals surface area contributed by atoms with Crippen molar-refractivity contribution in [3.63, 3.8) is 0 Å². The molecule has 0 spiro atoms. The molecule has 114 valence electrons. The lowest BCUT2D eigenvalue weighted by atomic mass is 9.81. The van der Waals surface area contributed by atoms with Gasteiger partial charge in [-0.2, -0.15) is 0 Å². The van der Waals surface area contributed by atoms with Gasteiger partial charge in [0.1, 0.15) is 6.04 Å². The Labute approximate surface area is 121 Å². The lowest BCUT2D eigenvalue weighted by Crippen LogP contribution is -2.43. The molecule has 1 aliphatic heterocycles. The van der Waals surface area contributed by atoms with Crippen LogP contribution in [0.25, 0.3) is 0 Å². The van der Waals surface area contributed by atoms with Crippen molar-refractivity contribution in [3.8, 4) is 0 Å². The molecule has 1 N–H and O–H groups in total. The van der Waals surface area contributed by atoms with Gasteiger partial charge in [0.05, 0.1) is 0 Å². The molecule has 1 heterocycles. The van der Waals surface area contributed by atoms with Crippen molar-refractivity contribution in [2.45, 2.75) is 70.8 Å². The van der Waals surface area contributed by atoms with Crippen molar-refractivity contribution in [2.24, 2.45) is 11.8 Å². The maximum Gasteiger partial charge on any atom is 0.326 e. The van der Waals surface area contributed by atoms with Gasteiger partial charge < -0.3 is 10.0 Å². The number of nitrogens with zero attached hydrogens (tertiary/aromatic N) is 1. The van der Waals surface area contributed by atoms with Crippen LogP contribution < -0.4 is 0 Å². The number of hydrogen-bond donors (Lipinski definition) is 1. The monoisotopic (exact) mass is 281 g/mol. The minimum absolute atomic E-state index is 0.0260. The molecule has 2 aliphatic rings. The summed E-state index contributed by atoms with van der Waals surface area (Å²) in [5, 5.41) is 9.21. The average Bonchev–Trinajstić information content (AvgIpc) is 2.94. The molecular weight excluding hydrogens is 254 g/mol. The van der Waals surface area contributed by atoms with Crippen LogP contribution in [0.3, 0.4) is 0 Å². The Morgan fingerprint density at radius 2 is 1.85 bits per heavy atom. The Bertz CT molecular complexity index is 350. The van der Waals surface area contributed by atoms with Crippen molar-refractivity contribution >= 4 is 11.9 Å². The summed E-state index contributed by atoms with van der Waals surface area (Å²) in [7, 11) is 0. The van der Waals surface area contributed by atoms with Gasteiger partial charge in [-0.15, -0.1) is 0 Å². The molecule has 2 rings (SSSR count). The van der Waals surface area contributed by atoms with E-state index in [1.807, 2.05) is 0 Å². The Balaban J connectivity index is 1.95. The fourth-order valence-electron chi connectivity index (χ4n) is 3.79. The molecule has 4 nitrogen and oxygen atoms in total. The molecule has 1 saturated heterocycles. The highest BCUT2D eigenvalue weighted by molar-refractivity contribution is 5.85. The topological polar surface area (TPSA) is 57.6 Å². The van der Waals surface area contributed by atoms with E-state index in [1.165, 1.54) is 32.1 Å². The standard InChI is InChI=1S/C16H27NO3/c1-2-13(11-12-7-4-3-5-8-12)15(18)17-10-6-9-14(17)16(19)20/h12-14H,2-11H2,1H3,(H,19,20)/t13?,14-/m1/s1. The fourth-order valence-corrected chi connectivity index (χ4v) is 3.79. The van der Waals surface area contributed by atoms with Gasteiger partial charge in [0, 0.05) is 12.5 Å². The Kier molecular flexibility index (Phi) is 5.44. The summed E-state index contributed by atoms with van der Waals surface area (Å²) in [4.78, 5) is 25.5. The summed E-state index contributed by atoms with van der Waals surface area (Å²) < 4.78 is 0. The van der Waals surface area contributed by atoms with Gasteiger partial charge >= 0.3 is 5.97 Å². The first-order valence-corrected chi connectivity index (χ1v) is 8.16. The van der Waals surface area contributed by atoms with Crippen molar-refractivity contribution < 1.29 is 14.7 Å². The molecule has 20 heavy (non-hydrogen) atoms. The minimum Gasteiger partial charge on any atom is -0.480 e. The van der Waals surface area contributed by atoms with Crippen LogP contribution in [0, 0.1) is 11.8 Å². The Hall–Kier alpha value is -1.06. The van der Waals surface area contributed by atoms with Crippen LogP contribution in [0.4, 0.5) is 0 Å². The molecular formula is C16H27NO3. The van der Waals surface area contributed by atoms with Gasteiger partial charge in [0.25, 0.3) is 0 Å². The highest BCUT2D eigenvalue weighted by atomic mass is 16.4. The first-order chi connectivity index (χ1) is 9.63. The van der Waals surface area contributed by atoms with Crippen molar-refractivity contribution in [2.75, 3.05) is 6.54 Å². The van der Waals surface area contributed by atoms with E-state index in [4.69, 9.17) is 0 Å². The quantitative estimate of drug-likeness (QED) is 0.842. The number of carboxylic acid groups (broad SMARTS) is 1. The molecule has 2 fully saturated rings. The second kappa shape index (κ2) is 7.09. The van der Waals surface area contributed by atoms with E-state index in [9.17, 15) is 14.7 Å². The van der Waals surface area contributed by atoms with Crippen LogP contribution in [0.1, 0.15) is 64.7 Å². The maximum absolute atomic E-state index is 12.6. The molecule has 4 heteroatoms. The first kappa shape index (κ1) is 15.3. The summed E-state index contributed by atoms with van der Waals surface area (Å²) in [5.41, 5.74) is 0. The molecule has 0 radical (unpaired) electrons. The third kappa shape index (κ3) is 3.53. The third-order valence-electron chi connectivity index (χ3n) is 5.01. The van der Waals surface area contributed by atoms with E-state index in [0.29, 0.717) is 18.9 Å². The van der Waals surface area contributed by atoms with Gasteiger partial charge in [-0.25, -0.2) is 4.79 Å². The van der Waals surface area contributed by atoms with E-state index in [1.54, 1.807) is 4.90 Å². The van der Waals surface area contributed by atoms with Crippen LogP contribution in [0.15, 0.2) is 0 Å². The number of likely N-dealkylation sites (tertiary alicyclic amines) is 1. The molecule has 0 bridgehead atoms. The molecule has 0 aromatic rings. The van der Waals surface area contributed by atoms with E-state index in [0.717, 1.165) is 19.3 Å². The largest absolute Gasteiger partial charge is 0.480 e. The van der Waals surface area contributed by atoms with Gasteiger partial charge in [0.2, 0.25) is 5.91 Å². The number of amides is 1. The predicted molar refractivity (Wildman–Crippen MR) is 77.3 cm³/mol. The number of carbonyl (C=O) groups is 2. The normalized spacial score (nSPS) is 25.6. The zero-order valence-electron chi connectivity index (χ0n) is 12.5. The van der Waals surface area contributed by atoms with E-state index in [2.05, 4.69) is 6.92 Å². The fraction of sp³-hybridized carbons (Fsp3) is 0.875.